The van der Waals surface area contributed by atoms with Crippen LogP contribution in [0.5, 0.6) is 0 Å². The minimum atomic E-state index is -0.484. The number of aromatic nitrogens is 2. The average Bonchev–Trinajstić information content (AvgIpc) is 2.61. The van der Waals surface area contributed by atoms with Crippen LogP contribution in [0, 0.1) is 0 Å². The second-order valence-electron chi connectivity index (χ2n) is 4.91. The van der Waals surface area contributed by atoms with Gasteiger partial charge in [0.15, 0.2) is 0 Å². The first-order valence-electron chi connectivity index (χ1n) is 7.14. The molecule has 0 saturated heterocycles. The van der Waals surface area contributed by atoms with Crippen LogP contribution in [0.4, 0.5) is 16.3 Å². The molecule has 0 aliphatic carbocycles. The average molecular weight is 308 g/mol. The number of methoxy groups -OCH3 is 1. The van der Waals surface area contributed by atoms with Crippen molar-refractivity contribution in [2.24, 2.45) is 0 Å². The molecule has 0 aliphatic rings. The van der Waals surface area contributed by atoms with Crippen LogP contribution in [-0.4, -0.2) is 23.2 Å². The SMILES string of the molecule is COC(=O)Nc1ccc(CNc2cnc3ccccc3n2)cc1. The van der Waals surface area contributed by atoms with Gasteiger partial charge in [-0.2, -0.15) is 0 Å². The van der Waals surface area contributed by atoms with Gasteiger partial charge < -0.3 is 10.1 Å². The first-order chi connectivity index (χ1) is 11.2. The zero-order valence-corrected chi connectivity index (χ0v) is 12.6. The summed E-state index contributed by atoms with van der Waals surface area (Å²) in [6, 6.07) is 15.2. The third-order valence-corrected chi connectivity index (χ3v) is 3.31. The highest BCUT2D eigenvalue weighted by molar-refractivity contribution is 5.84. The number of para-hydroxylation sites is 2. The smallest absolute Gasteiger partial charge is 0.411 e. The number of amides is 1. The fourth-order valence-electron chi connectivity index (χ4n) is 2.11. The second-order valence-corrected chi connectivity index (χ2v) is 4.91. The second kappa shape index (κ2) is 6.74. The van der Waals surface area contributed by atoms with Gasteiger partial charge in [-0.15, -0.1) is 0 Å². The molecule has 1 amide bonds. The summed E-state index contributed by atoms with van der Waals surface area (Å²) in [6.07, 6.45) is 1.23. The molecule has 0 saturated carbocycles. The number of nitrogens with zero attached hydrogens (tertiary/aromatic N) is 2. The van der Waals surface area contributed by atoms with Crippen molar-refractivity contribution in [3.8, 4) is 0 Å². The van der Waals surface area contributed by atoms with Crippen molar-refractivity contribution in [3.05, 3.63) is 60.3 Å². The molecule has 0 bridgehead atoms. The molecule has 0 fully saturated rings. The molecule has 3 rings (SSSR count). The van der Waals surface area contributed by atoms with Gasteiger partial charge in [0, 0.05) is 12.2 Å². The topological polar surface area (TPSA) is 76.1 Å². The molecule has 3 aromatic rings. The molecule has 2 N–H and O–H groups in total. The van der Waals surface area contributed by atoms with E-state index in [0.717, 1.165) is 22.4 Å². The monoisotopic (exact) mass is 308 g/mol. The lowest BCUT2D eigenvalue weighted by molar-refractivity contribution is 0.187. The Morgan fingerprint density at radius 2 is 1.83 bits per heavy atom. The summed E-state index contributed by atoms with van der Waals surface area (Å²) in [4.78, 5) is 20.0. The van der Waals surface area contributed by atoms with Crippen molar-refractivity contribution in [1.82, 2.24) is 9.97 Å². The van der Waals surface area contributed by atoms with Crippen LogP contribution in [0.25, 0.3) is 11.0 Å². The van der Waals surface area contributed by atoms with Crippen molar-refractivity contribution >= 4 is 28.6 Å². The lowest BCUT2D eigenvalue weighted by Gasteiger charge is -2.08. The van der Waals surface area contributed by atoms with Gasteiger partial charge in [-0.05, 0) is 29.8 Å². The Balaban J connectivity index is 1.63. The van der Waals surface area contributed by atoms with Crippen LogP contribution in [0.2, 0.25) is 0 Å². The summed E-state index contributed by atoms with van der Waals surface area (Å²) in [5.41, 5.74) is 3.48. The van der Waals surface area contributed by atoms with E-state index in [-0.39, 0.29) is 0 Å². The van der Waals surface area contributed by atoms with E-state index in [4.69, 9.17) is 0 Å². The third-order valence-electron chi connectivity index (χ3n) is 3.31. The lowest BCUT2D eigenvalue weighted by Crippen LogP contribution is -2.10. The van der Waals surface area contributed by atoms with E-state index < -0.39 is 6.09 Å². The lowest BCUT2D eigenvalue weighted by atomic mass is 10.2. The molecule has 0 aliphatic heterocycles. The molecule has 0 radical (unpaired) electrons. The Morgan fingerprint density at radius 1 is 1.09 bits per heavy atom. The number of anilines is 2. The van der Waals surface area contributed by atoms with Crippen molar-refractivity contribution in [2.45, 2.75) is 6.54 Å². The molecule has 23 heavy (non-hydrogen) atoms. The molecule has 6 nitrogen and oxygen atoms in total. The molecule has 1 heterocycles. The first kappa shape index (κ1) is 14.8. The predicted octanol–water partition coefficient (Wildman–Crippen LogP) is 3.42. The zero-order valence-electron chi connectivity index (χ0n) is 12.6. The Labute approximate surface area is 133 Å². The summed E-state index contributed by atoms with van der Waals surface area (Å²) >= 11 is 0. The highest BCUT2D eigenvalue weighted by Crippen LogP contribution is 2.14. The maximum atomic E-state index is 11.1. The van der Waals surface area contributed by atoms with Gasteiger partial charge in [-0.25, -0.2) is 9.78 Å². The van der Waals surface area contributed by atoms with Gasteiger partial charge in [0.25, 0.3) is 0 Å². The number of hydrogen-bond donors (Lipinski definition) is 2. The quantitative estimate of drug-likeness (QED) is 0.772. The van der Waals surface area contributed by atoms with E-state index in [9.17, 15) is 4.79 Å². The summed E-state index contributed by atoms with van der Waals surface area (Å²) in [5, 5.41) is 5.85. The number of benzene rings is 2. The summed E-state index contributed by atoms with van der Waals surface area (Å²) < 4.78 is 4.55. The van der Waals surface area contributed by atoms with Crippen LogP contribution in [0.3, 0.4) is 0 Å². The largest absolute Gasteiger partial charge is 0.453 e. The van der Waals surface area contributed by atoms with Crippen LogP contribution < -0.4 is 10.6 Å². The first-order valence-corrected chi connectivity index (χ1v) is 7.14. The zero-order chi connectivity index (χ0) is 16.1. The maximum Gasteiger partial charge on any atom is 0.411 e. The van der Waals surface area contributed by atoms with Gasteiger partial charge in [0.2, 0.25) is 0 Å². The number of carbonyl (C=O) groups excluding carboxylic acids is 1. The van der Waals surface area contributed by atoms with Crippen LogP contribution >= 0.6 is 0 Å². The fourth-order valence-corrected chi connectivity index (χ4v) is 2.11. The molecular weight excluding hydrogens is 292 g/mol. The van der Waals surface area contributed by atoms with Crippen molar-refractivity contribution in [2.75, 3.05) is 17.7 Å². The van der Waals surface area contributed by atoms with E-state index in [1.54, 1.807) is 6.20 Å². The minimum absolute atomic E-state index is 0.484. The minimum Gasteiger partial charge on any atom is -0.453 e. The Kier molecular flexibility index (Phi) is 4.33. The van der Waals surface area contributed by atoms with Crippen LogP contribution in [-0.2, 0) is 11.3 Å². The normalized spacial score (nSPS) is 10.3. The van der Waals surface area contributed by atoms with Gasteiger partial charge in [-0.1, -0.05) is 24.3 Å². The highest BCUT2D eigenvalue weighted by atomic mass is 16.5. The third kappa shape index (κ3) is 3.74. The van der Waals surface area contributed by atoms with Crippen LogP contribution in [0.1, 0.15) is 5.56 Å². The van der Waals surface area contributed by atoms with Gasteiger partial charge >= 0.3 is 6.09 Å². The Morgan fingerprint density at radius 3 is 2.57 bits per heavy atom. The van der Waals surface area contributed by atoms with Gasteiger partial charge in [0.05, 0.1) is 24.3 Å². The highest BCUT2D eigenvalue weighted by Gasteiger charge is 2.02. The van der Waals surface area contributed by atoms with Crippen molar-refractivity contribution in [1.29, 1.82) is 0 Å². The van der Waals surface area contributed by atoms with Crippen molar-refractivity contribution in [3.63, 3.8) is 0 Å². The van der Waals surface area contributed by atoms with Gasteiger partial charge in [-0.3, -0.25) is 10.3 Å². The van der Waals surface area contributed by atoms with E-state index in [0.29, 0.717) is 12.2 Å². The molecule has 0 spiro atoms. The number of rotatable bonds is 4. The number of hydrogen-bond acceptors (Lipinski definition) is 5. The molecular formula is C17H16N4O2. The van der Waals surface area contributed by atoms with E-state index in [1.807, 2.05) is 48.5 Å². The Bertz CT molecular complexity index is 818. The van der Waals surface area contributed by atoms with Crippen LogP contribution in [0.15, 0.2) is 54.7 Å². The molecule has 6 heteroatoms. The number of fused-ring (bicyclic) bond motifs is 1. The number of carbonyl (C=O) groups is 1. The molecule has 2 aromatic carbocycles. The van der Waals surface area contributed by atoms with E-state index in [1.165, 1.54) is 7.11 Å². The molecule has 0 unspecified atom stereocenters. The molecule has 116 valence electrons. The van der Waals surface area contributed by atoms with E-state index >= 15 is 0 Å². The number of ether oxygens (including phenoxy) is 1. The predicted molar refractivity (Wildman–Crippen MR) is 89.3 cm³/mol. The molecule has 1 aromatic heterocycles. The summed E-state index contributed by atoms with van der Waals surface area (Å²) in [7, 11) is 1.33. The fraction of sp³-hybridized carbons (Fsp3) is 0.118. The Hall–Kier alpha value is -3.15. The summed E-state index contributed by atoms with van der Waals surface area (Å²) in [6.45, 7) is 0.617. The maximum absolute atomic E-state index is 11.1. The number of nitrogens with one attached hydrogen (secondary N) is 2. The standard InChI is InChI=1S/C17H16N4O2/c1-23-17(22)20-13-8-6-12(7-9-13)10-19-16-11-18-14-4-2-3-5-15(14)21-16/h2-9,11H,10H2,1H3,(H,19,21)(H,20,22). The van der Waals surface area contributed by atoms with E-state index in [2.05, 4.69) is 25.3 Å². The molecule has 0 atom stereocenters. The summed E-state index contributed by atoms with van der Waals surface area (Å²) in [5.74, 6) is 0.723. The van der Waals surface area contributed by atoms with Crippen molar-refractivity contribution < 1.29 is 9.53 Å². The van der Waals surface area contributed by atoms with Gasteiger partial charge in [0.1, 0.15) is 5.82 Å².